The summed E-state index contributed by atoms with van der Waals surface area (Å²) in [5.41, 5.74) is 4.17. The molecule has 5 rings (SSSR count). The van der Waals surface area contributed by atoms with Gasteiger partial charge < -0.3 is 9.47 Å². The van der Waals surface area contributed by atoms with E-state index in [0.29, 0.717) is 12.0 Å². The van der Waals surface area contributed by atoms with Crippen molar-refractivity contribution in [1.82, 2.24) is 0 Å². The molecule has 5 atom stereocenters. The molecule has 2 aromatic carbocycles. The summed E-state index contributed by atoms with van der Waals surface area (Å²) in [5, 5.41) is 0. The lowest BCUT2D eigenvalue weighted by Gasteiger charge is -2.30. The third-order valence-corrected chi connectivity index (χ3v) is 7.50. The number of ether oxygens (including phenoxy) is 2. The smallest absolute Gasteiger partial charge is 0.318 e. The molecule has 0 amide bonds. The molecule has 0 N–H and O–H groups in total. The fourth-order valence-corrected chi connectivity index (χ4v) is 5.88. The third-order valence-electron chi connectivity index (χ3n) is 7.50. The van der Waals surface area contributed by atoms with E-state index in [1.807, 2.05) is 81.4 Å². The van der Waals surface area contributed by atoms with Crippen molar-refractivity contribution in [2.45, 2.75) is 45.3 Å². The zero-order valence-electron chi connectivity index (χ0n) is 19.6. The molecule has 0 bridgehead atoms. The summed E-state index contributed by atoms with van der Waals surface area (Å²) in [6.07, 6.45) is 0.975. The minimum absolute atomic E-state index is 0.0345. The Balaban J connectivity index is 1.52. The maximum Gasteiger partial charge on any atom is 0.318 e. The van der Waals surface area contributed by atoms with Gasteiger partial charge in [-0.25, -0.2) is 0 Å². The lowest BCUT2D eigenvalue weighted by atomic mass is 9.79. The van der Waals surface area contributed by atoms with E-state index in [1.54, 1.807) is 6.08 Å². The van der Waals surface area contributed by atoms with Crippen molar-refractivity contribution < 1.29 is 23.9 Å². The highest BCUT2D eigenvalue weighted by Gasteiger charge is 2.55. The summed E-state index contributed by atoms with van der Waals surface area (Å²) < 4.78 is 12.1. The molecule has 0 unspecified atom stereocenters. The number of carbonyl (C=O) groups excluding carboxylic acids is 3. The van der Waals surface area contributed by atoms with Crippen molar-refractivity contribution >= 4 is 17.7 Å². The van der Waals surface area contributed by atoms with Crippen LogP contribution < -0.4 is 0 Å². The standard InChI is InChI=1S/C29H28O5/c1-16-14-21(30)23-17(2)15-22(25-18(3)28(31)34-27(25)24(16)23)33-29(32)26(19-10-6-4-7-11-19)20-12-8-5-9-13-20/h4-14,18,22,24-27H,15H2,1-3H3/t18-,22+,24+,25+,27-/m1/s1. The molecule has 1 aliphatic heterocycles. The van der Waals surface area contributed by atoms with Crippen molar-refractivity contribution in [2.75, 3.05) is 0 Å². The van der Waals surface area contributed by atoms with E-state index < -0.39 is 24.0 Å². The van der Waals surface area contributed by atoms with Gasteiger partial charge in [0.15, 0.2) is 5.78 Å². The van der Waals surface area contributed by atoms with Crippen LogP contribution in [0.1, 0.15) is 44.2 Å². The first kappa shape index (κ1) is 22.3. The number of hydrogen-bond donors (Lipinski definition) is 0. The first-order valence-electron chi connectivity index (χ1n) is 11.8. The van der Waals surface area contributed by atoms with Gasteiger partial charge >= 0.3 is 11.9 Å². The van der Waals surface area contributed by atoms with Crippen molar-refractivity contribution in [3.8, 4) is 0 Å². The molecule has 5 heteroatoms. The number of hydrogen-bond acceptors (Lipinski definition) is 5. The molecular formula is C29H28O5. The van der Waals surface area contributed by atoms with Crippen LogP contribution in [0.4, 0.5) is 0 Å². The fraction of sp³-hybridized carbons (Fsp3) is 0.345. The van der Waals surface area contributed by atoms with Crippen LogP contribution in [0.5, 0.6) is 0 Å². The quantitative estimate of drug-likeness (QED) is 0.620. The Hall–Kier alpha value is -3.47. The average Bonchev–Trinajstić information content (AvgIpc) is 3.24. The largest absolute Gasteiger partial charge is 0.461 e. The highest BCUT2D eigenvalue weighted by atomic mass is 16.6. The highest BCUT2D eigenvalue weighted by molar-refractivity contribution is 6.09. The van der Waals surface area contributed by atoms with Gasteiger partial charge in [0.25, 0.3) is 0 Å². The van der Waals surface area contributed by atoms with Crippen molar-refractivity contribution in [2.24, 2.45) is 17.8 Å². The summed E-state index contributed by atoms with van der Waals surface area (Å²) in [4.78, 5) is 39.1. The summed E-state index contributed by atoms with van der Waals surface area (Å²) in [6.45, 7) is 5.66. The van der Waals surface area contributed by atoms with E-state index in [4.69, 9.17) is 9.47 Å². The molecule has 0 saturated carbocycles. The Morgan fingerprint density at radius 2 is 1.56 bits per heavy atom. The van der Waals surface area contributed by atoms with Crippen LogP contribution in [0.25, 0.3) is 0 Å². The van der Waals surface area contributed by atoms with Gasteiger partial charge in [0.2, 0.25) is 0 Å². The molecule has 0 spiro atoms. The van der Waals surface area contributed by atoms with Gasteiger partial charge in [-0.2, -0.15) is 0 Å². The topological polar surface area (TPSA) is 69.7 Å². The van der Waals surface area contributed by atoms with Crippen molar-refractivity contribution in [1.29, 1.82) is 0 Å². The second-order valence-corrected chi connectivity index (χ2v) is 9.63. The maximum absolute atomic E-state index is 13.7. The summed E-state index contributed by atoms with van der Waals surface area (Å²) >= 11 is 0. The van der Waals surface area contributed by atoms with E-state index in [-0.39, 0.29) is 29.6 Å². The van der Waals surface area contributed by atoms with E-state index in [2.05, 4.69) is 0 Å². The number of fused-ring (bicyclic) bond motifs is 3. The first-order valence-corrected chi connectivity index (χ1v) is 11.8. The van der Waals surface area contributed by atoms with Crippen molar-refractivity contribution in [3.05, 3.63) is 94.6 Å². The van der Waals surface area contributed by atoms with E-state index >= 15 is 0 Å². The number of carbonyl (C=O) groups is 3. The Morgan fingerprint density at radius 3 is 2.15 bits per heavy atom. The summed E-state index contributed by atoms with van der Waals surface area (Å²) in [5.74, 6) is -2.31. The number of benzene rings is 2. The maximum atomic E-state index is 13.7. The van der Waals surface area contributed by atoms with Gasteiger partial charge in [-0.05, 0) is 31.1 Å². The summed E-state index contributed by atoms with van der Waals surface area (Å²) in [6, 6.07) is 19.1. The minimum Gasteiger partial charge on any atom is -0.461 e. The Bertz CT molecular complexity index is 1150. The molecule has 174 valence electrons. The van der Waals surface area contributed by atoms with Gasteiger partial charge in [0, 0.05) is 23.8 Å². The number of ketones is 1. The van der Waals surface area contributed by atoms with Gasteiger partial charge in [0.1, 0.15) is 18.1 Å². The van der Waals surface area contributed by atoms with E-state index in [1.165, 1.54) is 0 Å². The van der Waals surface area contributed by atoms with Crippen LogP contribution in [0.15, 0.2) is 83.5 Å². The Labute approximate surface area is 199 Å². The molecule has 2 aromatic rings. The molecular weight excluding hydrogens is 428 g/mol. The SMILES string of the molecule is CC1=CC(=O)C2=C(C)C[C@H](OC(=O)C(c3ccccc3)c3ccccc3)[C@H]3[C@H](OC(=O)[C@@H]3C)[C@@H]12. The normalized spacial score (nSPS) is 28.2. The molecule has 5 nitrogen and oxygen atoms in total. The number of rotatable bonds is 4. The van der Waals surface area contributed by atoms with Crippen LogP contribution in [0.3, 0.4) is 0 Å². The number of allylic oxidation sites excluding steroid dienone is 1. The second kappa shape index (κ2) is 8.71. The molecule has 34 heavy (non-hydrogen) atoms. The highest BCUT2D eigenvalue weighted by Crippen LogP contribution is 2.48. The van der Waals surface area contributed by atoms with Crippen LogP contribution >= 0.6 is 0 Å². The molecule has 0 radical (unpaired) electrons. The van der Waals surface area contributed by atoms with Crippen molar-refractivity contribution in [3.63, 3.8) is 0 Å². The lowest BCUT2D eigenvalue weighted by Crippen LogP contribution is -2.38. The zero-order chi connectivity index (χ0) is 24.0. The van der Waals surface area contributed by atoms with E-state index in [0.717, 1.165) is 22.3 Å². The third kappa shape index (κ3) is 3.69. The molecule has 2 aliphatic carbocycles. The second-order valence-electron chi connectivity index (χ2n) is 9.63. The monoisotopic (exact) mass is 456 g/mol. The Kier molecular flexibility index (Phi) is 5.72. The van der Waals surface area contributed by atoms with E-state index in [9.17, 15) is 14.4 Å². The van der Waals surface area contributed by atoms with Gasteiger partial charge in [-0.3, -0.25) is 14.4 Å². The number of esters is 2. The van der Waals surface area contributed by atoms with Crippen LogP contribution in [-0.4, -0.2) is 29.9 Å². The molecule has 0 aromatic heterocycles. The minimum atomic E-state index is -0.590. The fourth-order valence-electron chi connectivity index (χ4n) is 5.88. The van der Waals surface area contributed by atoms with Crippen LogP contribution in [0.2, 0.25) is 0 Å². The van der Waals surface area contributed by atoms with Crippen LogP contribution in [0, 0.1) is 17.8 Å². The average molecular weight is 457 g/mol. The van der Waals surface area contributed by atoms with Gasteiger partial charge in [-0.15, -0.1) is 0 Å². The van der Waals surface area contributed by atoms with Gasteiger partial charge in [-0.1, -0.05) is 78.7 Å². The first-order chi connectivity index (χ1) is 16.4. The molecule has 1 saturated heterocycles. The lowest BCUT2D eigenvalue weighted by molar-refractivity contribution is -0.154. The molecule has 1 fully saturated rings. The Morgan fingerprint density at radius 1 is 0.971 bits per heavy atom. The predicted octanol–water partition coefficient (Wildman–Crippen LogP) is 4.77. The van der Waals surface area contributed by atoms with Gasteiger partial charge in [0.05, 0.1) is 5.92 Å². The molecule has 3 aliphatic rings. The zero-order valence-corrected chi connectivity index (χ0v) is 19.6. The molecule has 1 heterocycles. The van der Waals surface area contributed by atoms with Crippen LogP contribution in [-0.2, 0) is 23.9 Å². The summed E-state index contributed by atoms with van der Waals surface area (Å²) in [7, 11) is 0. The predicted molar refractivity (Wildman–Crippen MR) is 127 cm³/mol.